The maximum atomic E-state index is 13.3. The number of hydrogen-bond acceptors (Lipinski definition) is 6. The van der Waals surface area contributed by atoms with Crippen molar-refractivity contribution in [1.29, 1.82) is 0 Å². The fourth-order valence-electron chi connectivity index (χ4n) is 4.20. The van der Waals surface area contributed by atoms with Gasteiger partial charge in [-0.15, -0.1) is 0 Å². The first-order chi connectivity index (χ1) is 16.3. The first kappa shape index (κ1) is 23.8. The predicted octanol–water partition coefficient (Wildman–Crippen LogP) is 3.93. The van der Waals surface area contributed by atoms with Gasteiger partial charge in [-0.1, -0.05) is 11.6 Å². The van der Waals surface area contributed by atoms with Crippen LogP contribution in [0.2, 0.25) is 5.02 Å². The van der Waals surface area contributed by atoms with E-state index in [1.54, 1.807) is 54.4 Å². The van der Waals surface area contributed by atoms with Gasteiger partial charge in [0.25, 0.3) is 5.91 Å². The Labute approximate surface area is 202 Å². The predicted molar refractivity (Wildman–Crippen MR) is 126 cm³/mol. The summed E-state index contributed by atoms with van der Waals surface area (Å²) in [7, 11) is 3.08. The van der Waals surface area contributed by atoms with Crippen molar-refractivity contribution in [2.75, 3.05) is 31.4 Å². The molecule has 9 nitrogen and oxygen atoms in total. The highest BCUT2D eigenvalue weighted by molar-refractivity contribution is 6.30. The topological polar surface area (TPSA) is 106 Å². The number of ether oxygens (including phenoxy) is 3. The van der Waals surface area contributed by atoms with Gasteiger partial charge in [0.15, 0.2) is 0 Å². The van der Waals surface area contributed by atoms with Gasteiger partial charge in [-0.05, 0) is 55.3 Å². The number of likely N-dealkylation sites (N-methyl/N-ethyl adjacent to an activating group) is 1. The van der Waals surface area contributed by atoms with Crippen LogP contribution in [0.3, 0.4) is 0 Å². The van der Waals surface area contributed by atoms with Crippen molar-refractivity contribution in [1.82, 2.24) is 4.90 Å². The van der Waals surface area contributed by atoms with Gasteiger partial charge in [-0.25, -0.2) is 4.79 Å². The Hall–Kier alpha value is -3.30. The van der Waals surface area contributed by atoms with E-state index in [0.29, 0.717) is 40.6 Å². The van der Waals surface area contributed by atoms with E-state index in [4.69, 9.17) is 25.8 Å². The summed E-state index contributed by atoms with van der Waals surface area (Å²) in [6, 6.07) is 11.0. The lowest BCUT2D eigenvalue weighted by molar-refractivity contribution is -0.151. The highest BCUT2D eigenvalue weighted by atomic mass is 35.5. The molecule has 1 fully saturated rings. The second-order valence-electron chi connectivity index (χ2n) is 8.25. The van der Waals surface area contributed by atoms with Gasteiger partial charge in [0, 0.05) is 23.4 Å². The molecule has 3 atom stereocenters. The molecule has 2 aliphatic rings. The van der Waals surface area contributed by atoms with Gasteiger partial charge in [0.05, 0.1) is 31.2 Å². The normalized spacial score (nSPS) is 21.8. The van der Waals surface area contributed by atoms with Crippen LogP contribution in [0.1, 0.15) is 29.6 Å². The van der Waals surface area contributed by atoms with E-state index >= 15 is 0 Å². The van der Waals surface area contributed by atoms with Crippen LogP contribution in [-0.2, 0) is 14.3 Å². The van der Waals surface area contributed by atoms with Crippen molar-refractivity contribution in [3.8, 4) is 5.75 Å². The van der Waals surface area contributed by atoms with Gasteiger partial charge in [0.2, 0.25) is 0 Å². The number of benzene rings is 2. The second kappa shape index (κ2) is 10.3. The minimum atomic E-state index is -0.452. The third-order valence-corrected chi connectivity index (χ3v) is 6.25. The molecular weight excluding hydrogens is 462 g/mol. The SMILES string of the molecule is COC(=O)C[C@@H]1CC[C@@H]2[C@H](COc3ccc(NC(=O)Nc4ccc(Cl)cc4)cc3C(=O)N2C)O1. The third kappa shape index (κ3) is 5.43. The van der Waals surface area contributed by atoms with Gasteiger partial charge >= 0.3 is 12.0 Å². The molecule has 0 unspecified atom stereocenters. The van der Waals surface area contributed by atoms with Crippen molar-refractivity contribution in [3.05, 3.63) is 53.1 Å². The number of esters is 1. The fraction of sp³-hybridized carbons (Fsp3) is 0.375. The maximum Gasteiger partial charge on any atom is 0.323 e. The van der Waals surface area contributed by atoms with Gasteiger partial charge in [-0.3, -0.25) is 9.59 Å². The summed E-state index contributed by atoms with van der Waals surface area (Å²) in [5.74, 6) is -0.163. The number of urea groups is 1. The van der Waals surface area contributed by atoms with E-state index in [9.17, 15) is 14.4 Å². The summed E-state index contributed by atoms with van der Waals surface area (Å²) in [6.07, 6.45) is 0.835. The molecule has 2 N–H and O–H groups in total. The number of carbonyl (C=O) groups excluding carboxylic acids is 3. The number of carbonyl (C=O) groups is 3. The Morgan fingerprint density at radius 3 is 2.56 bits per heavy atom. The molecule has 2 aromatic carbocycles. The average molecular weight is 488 g/mol. The number of nitrogens with zero attached hydrogens (tertiary/aromatic N) is 1. The number of halogens is 1. The Morgan fingerprint density at radius 1 is 1.12 bits per heavy atom. The molecule has 10 heteroatoms. The van der Waals surface area contributed by atoms with E-state index in [1.165, 1.54) is 7.11 Å². The van der Waals surface area contributed by atoms with E-state index in [2.05, 4.69) is 10.6 Å². The van der Waals surface area contributed by atoms with Crippen LogP contribution in [-0.4, -0.2) is 61.8 Å². The smallest absolute Gasteiger partial charge is 0.323 e. The van der Waals surface area contributed by atoms with Crippen molar-refractivity contribution in [2.45, 2.75) is 37.5 Å². The van der Waals surface area contributed by atoms with Crippen LogP contribution in [0.4, 0.5) is 16.2 Å². The standard InChI is InChI=1S/C24H26ClN3O6/c1-28-19-9-8-17(12-22(29)32-2)34-21(19)13-33-20-10-7-16(11-18(20)23(28)30)27-24(31)26-15-5-3-14(25)4-6-15/h3-7,10-11,17,19,21H,8-9,12-13H2,1-2H3,(H2,26,27,31)/t17-,19+,21-/m0/s1. The molecule has 0 radical (unpaired) electrons. The van der Waals surface area contributed by atoms with Crippen LogP contribution in [0, 0.1) is 0 Å². The van der Waals surface area contributed by atoms with Crippen LogP contribution >= 0.6 is 11.6 Å². The first-order valence-corrected chi connectivity index (χ1v) is 11.3. The number of fused-ring (bicyclic) bond motifs is 2. The zero-order valence-electron chi connectivity index (χ0n) is 18.9. The molecule has 0 aromatic heterocycles. The zero-order valence-corrected chi connectivity index (χ0v) is 19.6. The van der Waals surface area contributed by atoms with Gasteiger partial charge in [-0.2, -0.15) is 0 Å². The summed E-state index contributed by atoms with van der Waals surface area (Å²) in [6.45, 7) is 0.233. The Kier molecular flexibility index (Phi) is 7.23. The highest BCUT2D eigenvalue weighted by Gasteiger charge is 2.39. The molecule has 34 heavy (non-hydrogen) atoms. The van der Waals surface area contributed by atoms with Crippen molar-refractivity contribution < 1.29 is 28.6 Å². The van der Waals surface area contributed by atoms with E-state index in [-0.39, 0.29) is 43.2 Å². The third-order valence-electron chi connectivity index (χ3n) is 5.99. The number of hydrogen-bond donors (Lipinski definition) is 2. The lowest BCUT2D eigenvalue weighted by atomic mass is 9.94. The number of anilines is 2. The summed E-state index contributed by atoms with van der Waals surface area (Å²) in [5, 5.41) is 6.02. The molecular formula is C24H26ClN3O6. The lowest BCUT2D eigenvalue weighted by Crippen LogP contribution is -2.53. The summed E-state index contributed by atoms with van der Waals surface area (Å²) >= 11 is 5.87. The molecule has 0 bridgehead atoms. The van der Waals surface area contributed by atoms with E-state index in [0.717, 1.165) is 0 Å². The Balaban J connectivity index is 1.46. The minimum absolute atomic E-state index is 0.168. The largest absolute Gasteiger partial charge is 0.490 e. The molecule has 2 aliphatic heterocycles. The van der Waals surface area contributed by atoms with Crippen molar-refractivity contribution >= 4 is 40.9 Å². The van der Waals surface area contributed by atoms with Crippen LogP contribution in [0.5, 0.6) is 5.75 Å². The van der Waals surface area contributed by atoms with E-state index in [1.807, 2.05) is 0 Å². The molecule has 2 heterocycles. The Bertz CT molecular complexity index is 1080. The monoisotopic (exact) mass is 487 g/mol. The number of rotatable bonds is 4. The molecule has 4 rings (SSSR count). The van der Waals surface area contributed by atoms with Crippen molar-refractivity contribution in [3.63, 3.8) is 0 Å². The fourth-order valence-corrected chi connectivity index (χ4v) is 4.33. The molecule has 0 aliphatic carbocycles. The van der Waals surface area contributed by atoms with Crippen LogP contribution in [0.15, 0.2) is 42.5 Å². The van der Waals surface area contributed by atoms with Crippen molar-refractivity contribution in [2.24, 2.45) is 0 Å². The van der Waals surface area contributed by atoms with Gasteiger partial charge < -0.3 is 29.7 Å². The average Bonchev–Trinajstić information content (AvgIpc) is 2.83. The highest BCUT2D eigenvalue weighted by Crippen LogP contribution is 2.32. The summed E-state index contributed by atoms with van der Waals surface area (Å²) in [4.78, 5) is 39.0. The summed E-state index contributed by atoms with van der Waals surface area (Å²) < 4.78 is 16.8. The maximum absolute atomic E-state index is 13.3. The van der Waals surface area contributed by atoms with Crippen LogP contribution in [0.25, 0.3) is 0 Å². The zero-order chi connectivity index (χ0) is 24.2. The Morgan fingerprint density at radius 2 is 1.82 bits per heavy atom. The molecule has 3 amide bonds. The summed E-state index contributed by atoms with van der Waals surface area (Å²) in [5.41, 5.74) is 1.38. The van der Waals surface area contributed by atoms with E-state index < -0.39 is 6.03 Å². The quantitative estimate of drug-likeness (QED) is 0.633. The first-order valence-electron chi connectivity index (χ1n) is 10.9. The molecule has 1 saturated heterocycles. The number of amides is 3. The second-order valence-corrected chi connectivity index (χ2v) is 8.68. The number of methoxy groups -OCH3 is 1. The lowest BCUT2D eigenvalue weighted by Gasteiger charge is -2.42. The number of nitrogens with one attached hydrogen (secondary N) is 2. The minimum Gasteiger partial charge on any atom is -0.490 e. The molecule has 0 spiro atoms. The molecule has 180 valence electrons. The molecule has 2 aromatic rings. The molecule has 0 saturated carbocycles. The van der Waals surface area contributed by atoms with Gasteiger partial charge in [0.1, 0.15) is 18.5 Å². The van der Waals surface area contributed by atoms with Crippen LogP contribution < -0.4 is 15.4 Å².